The van der Waals surface area contributed by atoms with E-state index in [0.717, 1.165) is 5.56 Å². The SMILES string of the molecule is COC(=O)c1ccc(S(=O)(=O)Nc2ccc(CC#N)cc2)cc1. The lowest BCUT2D eigenvalue weighted by molar-refractivity contribution is 0.0600. The number of carbonyl (C=O) groups excluding carboxylic acids is 1. The maximum atomic E-state index is 12.3. The minimum absolute atomic E-state index is 0.0336. The summed E-state index contributed by atoms with van der Waals surface area (Å²) in [5.41, 5.74) is 1.47. The van der Waals surface area contributed by atoms with Gasteiger partial charge in [-0.1, -0.05) is 12.1 Å². The summed E-state index contributed by atoms with van der Waals surface area (Å²) >= 11 is 0. The molecule has 0 saturated carbocycles. The van der Waals surface area contributed by atoms with Crippen molar-refractivity contribution >= 4 is 21.7 Å². The third-order valence-corrected chi connectivity index (χ3v) is 4.47. The molecule has 0 aliphatic rings. The average Bonchev–Trinajstić information content (AvgIpc) is 2.56. The number of nitrogens with one attached hydrogen (secondary N) is 1. The highest BCUT2D eigenvalue weighted by Crippen LogP contribution is 2.17. The Hall–Kier alpha value is -2.85. The van der Waals surface area contributed by atoms with Gasteiger partial charge in [-0.15, -0.1) is 0 Å². The molecule has 0 aliphatic heterocycles. The Labute approximate surface area is 134 Å². The van der Waals surface area contributed by atoms with Gasteiger partial charge in [-0.2, -0.15) is 5.26 Å². The van der Waals surface area contributed by atoms with Gasteiger partial charge in [-0.3, -0.25) is 4.72 Å². The van der Waals surface area contributed by atoms with E-state index < -0.39 is 16.0 Å². The number of carbonyl (C=O) groups is 1. The molecule has 23 heavy (non-hydrogen) atoms. The summed E-state index contributed by atoms with van der Waals surface area (Å²) in [6.07, 6.45) is 0.266. The Balaban J connectivity index is 2.18. The summed E-state index contributed by atoms with van der Waals surface area (Å²) in [4.78, 5) is 11.4. The van der Waals surface area contributed by atoms with E-state index in [9.17, 15) is 13.2 Å². The monoisotopic (exact) mass is 330 g/mol. The summed E-state index contributed by atoms with van der Waals surface area (Å²) in [7, 11) is -2.50. The molecule has 0 atom stereocenters. The van der Waals surface area contributed by atoms with E-state index in [4.69, 9.17) is 5.26 Å². The normalized spacial score (nSPS) is 10.6. The maximum Gasteiger partial charge on any atom is 0.337 e. The highest BCUT2D eigenvalue weighted by Gasteiger charge is 2.15. The lowest BCUT2D eigenvalue weighted by atomic mass is 10.1. The molecule has 0 fully saturated rings. The zero-order valence-corrected chi connectivity index (χ0v) is 13.1. The standard InChI is InChI=1S/C16H14N2O4S/c1-22-16(19)13-4-8-15(9-5-13)23(20,21)18-14-6-2-12(3-7-14)10-11-17/h2-9,18H,10H2,1H3. The van der Waals surface area contributed by atoms with Gasteiger partial charge in [0.2, 0.25) is 0 Å². The van der Waals surface area contributed by atoms with E-state index >= 15 is 0 Å². The predicted octanol–water partition coefficient (Wildman–Crippen LogP) is 2.34. The van der Waals surface area contributed by atoms with E-state index in [1.165, 1.54) is 31.4 Å². The third-order valence-electron chi connectivity index (χ3n) is 3.08. The minimum atomic E-state index is -3.75. The van der Waals surface area contributed by atoms with Crippen LogP contribution in [-0.4, -0.2) is 21.5 Å². The molecule has 118 valence electrons. The van der Waals surface area contributed by atoms with E-state index in [-0.39, 0.29) is 16.9 Å². The second kappa shape index (κ2) is 6.94. The van der Waals surface area contributed by atoms with Gasteiger partial charge in [-0.25, -0.2) is 13.2 Å². The molecule has 6 nitrogen and oxygen atoms in total. The topological polar surface area (TPSA) is 96.3 Å². The summed E-state index contributed by atoms with van der Waals surface area (Å²) in [6.45, 7) is 0. The lowest BCUT2D eigenvalue weighted by Crippen LogP contribution is -2.13. The Bertz CT molecular complexity index is 835. The van der Waals surface area contributed by atoms with Crippen LogP contribution in [0.4, 0.5) is 5.69 Å². The van der Waals surface area contributed by atoms with Crippen LogP contribution in [0.5, 0.6) is 0 Å². The smallest absolute Gasteiger partial charge is 0.337 e. The molecular formula is C16H14N2O4S. The van der Waals surface area contributed by atoms with Crippen LogP contribution in [0.2, 0.25) is 0 Å². The van der Waals surface area contributed by atoms with Crippen LogP contribution in [-0.2, 0) is 21.2 Å². The Morgan fingerprint density at radius 1 is 1.13 bits per heavy atom. The summed E-state index contributed by atoms with van der Waals surface area (Å²) in [5, 5.41) is 8.61. The van der Waals surface area contributed by atoms with Crippen molar-refractivity contribution in [3.8, 4) is 6.07 Å². The van der Waals surface area contributed by atoms with E-state index in [1.807, 2.05) is 6.07 Å². The van der Waals surface area contributed by atoms with Crippen LogP contribution < -0.4 is 4.72 Å². The molecule has 0 heterocycles. The fraction of sp³-hybridized carbons (Fsp3) is 0.125. The van der Waals surface area contributed by atoms with Gasteiger partial charge in [0.1, 0.15) is 0 Å². The van der Waals surface area contributed by atoms with Crippen LogP contribution in [0.15, 0.2) is 53.4 Å². The molecule has 7 heteroatoms. The number of hydrogen-bond acceptors (Lipinski definition) is 5. The van der Waals surface area contributed by atoms with Crippen LogP contribution in [0.1, 0.15) is 15.9 Å². The molecule has 0 spiro atoms. The Morgan fingerprint density at radius 3 is 2.26 bits per heavy atom. The number of methoxy groups -OCH3 is 1. The molecule has 0 amide bonds. The number of nitriles is 1. The van der Waals surface area contributed by atoms with Gasteiger partial charge in [0.15, 0.2) is 0 Å². The molecule has 0 radical (unpaired) electrons. The van der Waals surface area contributed by atoms with Crippen molar-refractivity contribution < 1.29 is 17.9 Å². The van der Waals surface area contributed by atoms with Crippen LogP contribution in [0.25, 0.3) is 0 Å². The van der Waals surface area contributed by atoms with Crippen molar-refractivity contribution in [2.24, 2.45) is 0 Å². The molecule has 0 unspecified atom stereocenters. The molecular weight excluding hydrogens is 316 g/mol. The van der Waals surface area contributed by atoms with Crippen LogP contribution in [0, 0.1) is 11.3 Å². The summed E-state index contributed by atoms with van der Waals surface area (Å²) < 4.78 is 31.6. The van der Waals surface area contributed by atoms with Gasteiger partial charge in [0.05, 0.1) is 30.1 Å². The first-order valence-corrected chi connectivity index (χ1v) is 8.11. The maximum absolute atomic E-state index is 12.3. The van der Waals surface area contributed by atoms with Gasteiger partial charge >= 0.3 is 5.97 Å². The molecule has 2 aromatic rings. The molecule has 2 aromatic carbocycles. The van der Waals surface area contributed by atoms with Crippen molar-refractivity contribution in [3.63, 3.8) is 0 Å². The quantitative estimate of drug-likeness (QED) is 0.849. The first-order chi connectivity index (χ1) is 11.0. The molecule has 1 N–H and O–H groups in total. The van der Waals surface area contributed by atoms with Gasteiger partial charge in [0, 0.05) is 5.69 Å². The highest BCUT2D eigenvalue weighted by molar-refractivity contribution is 7.92. The second-order valence-corrected chi connectivity index (χ2v) is 6.34. The number of ether oxygens (including phenoxy) is 1. The minimum Gasteiger partial charge on any atom is -0.465 e. The van der Waals surface area contributed by atoms with E-state index in [0.29, 0.717) is 5.69 Å². The van der Waals surface area contributed by atoms with Crippen molar-refractivity contribution in [1.82, 2.24) is 0 Å². The third kappa shape index (κ3) is 4.08. The largest absolute Gasteiger partial charge is 0.465 e. The number of rotatable bonds is 5. The van der Waals surface area contributed by atoms with Crippen LogP contribution >= 0.6 is 0 Å². The van der Waals surface area contributed by atoms with Crippen LogP contribution in [0.3, 0.4) is 0 Å². The fourth-order valence-electron chi connectivity index (χ4n) is 1.88. The molecule has 0 bridgehead atoms. The molecule has 0 aromatic heterocycles. The van der Waals surface area contributed by atoms with E-state index in [2.05, 4.69) is 9.46 Å². The van der Waals surface area contributed by atoms with Gasteiger partial charge < -0.3 is 4.74 Å². The number of hydrogen-bond donors (Lipinski definition) is 1. The van der Waals surface area contributed by atoms with E-state index in [1.54, 1.807) is 24.3 Å². The number of nitrogens with zero attached hydrogens (tertiary/aromatic N) is 1. The first kappa shape index (κ1) is 16.5. The number of sulfonamides is 1. The van der Waals surface area contributed by atoms with Crippen molar-refractivity contribution in [3.05, 3.63) is 59.7 Å². The van der Waals surface area contributed by atoms with Gasteiger partial charge in [-0.05, 0) is 42.0 Å². The predicted molar refractivity (Wildman–Crippen MR) is 84.3 cm³/mol. The summed E-state index contributed by atoms with van der Waals surface area (Å²) in [5.74, 6) is -0.532. The lowest BCUT2D eigenvalue weighted by Gasteiger charge is -2.09. The number of benzene rings is 2. The number of esters is 1. The molecule has 0 saturated heterocycles. The molecule has 2 rings (SSSR count). The zero-order valence-electron chi connectivity index (χ0n) is 12.3. The Morgan fingerprint density at radius 2 is 1.74 bits per heavy atom. The van der Waals surface area contributed by atoms with Crippen molar-refractivity contribution in [1.29, 1.82) is 5.26 Å². The Kier molecular flexibility index (Phi) is 4.98. The zero-order chi connectivity index (χ0) is 16.9. The summed E-state index contributed by atoms with van der Waals surface area (Å²) in [6, 6.07) is 14.0. The second-order valence-electron chi connectivity index (χ2n) is 4.65. The average molecular weight is 330 g/mol. The van der Waals surface area contributed by atoms with Gasteiger partial charge in [0.25, 0.3) is 10.0 Å². The number of anilines is 1. The fourth-order valence-corrected chi connectivity index (χ4v) is 2.94. The van der Waals surface area contributed by atoms with Crippen molar-refractivity contribution in [2.45, 2.75) is 11.3 Å². The molecule has 0 aliphatic carbocycles. The van der Waals surface area contributed by atoms with Crippen molar-refractivity contribution in [2.75, 3.05) is 11.8 Å². The highest BCUT2D eigenvalue weighted by atomic mass is 32.2. The first-order valence-electron chi connectivity index (χ1n) is 6.63.